The second kappa shape index (κ2) is 5.28. The van der Waals surface area contributed by atoms with Gasteiger partial charge < -0.3 is 5.32 Å². The highest BCUT2D eigenvalue weighted by Crippen LogP contribution is 2.13. The highest BCUT2D eigenvalue weighted by molar-refractivity contribution is 7.08. The molecule has 3 nitrogen and oxygen atoms in total. The summed E-state index contributed by atoms with van der Waals surface area (Å²) in [7, 11) is 0. The topological polar surface area (TPSA) is 52.9 Å². The summed E-state index contributed by atoms with van der Waals surface area (Å²) in [6.45, 7) is 0. The average molecular weight is 242 g/mol. The number of carbonyl (C=O) groups excluding carboxylic acids is 1. The lowest BCUT2D eigenvalue weighted by Gasteiger charge is -2.04. The first-order valence-electron chi connectivity index (χ1n) is 5.09. The van der Waals surface area contributed by atoms with Gasteiger partial charge in [-0.2, -0.15) is 16.6 Å². The summed E-state index contributed by atoms with van der Waals surface area (Å²) in [5.74, 6) is -0.112. The molecule has 0 saturated heterocycles. The van der Waals surface area contributed by atoms with Gasteiger partial charge in [0.1, 0.15) is 0 Å². The molecule has 0 spiro atoms. The van der Waals surface area contributed by atoms with Crippen molar-refractivity contribution < 1.29 is 4.79 Å². The van der Waals surface area contributed by atoms with E-state index in [0.29, 0.717) is 12.0 Å². The van der Waals surface area contributed by atoms with E-state index in [0.717, 1.165) is 11.3 Å². The Kier molecular flexibility index (Phi) is 3.53. The Hall–Kier alpha value is -2.12. The van der Waals surface area contributed by atoms with Crippen molar-refractivity contribution in [1.82, 2.24) is 0 Å². The molecule has 0 atom stereocenters. The van der Waals surface area contributed by atoms with Crippen molar-refractivity contribution in [3.05, 3.63) is 52.2 Å². The molecule has 1 N–H and O–H groups in total. The SMILES string of the molecule is N#CCc1ccc(NC(=O)c2ccsc2)cc1. The van der Waals surface area contributed by atoms with Gasteiger partial charge >= 0.3 is 0 Å². The van der Waals surface area contributed by atoms with Gasteiger partial charge in [0.2, 0.25) is 0 Å². The maximum Gasteiger partial charge on any atom is 0.256 e. The van der Waals surface area contributed by atoms with E-state index in [-0.39, 0.29) is 5.91 Å². The summed E-state index contributed by atoms with van der Waals surface area (Å²) in [6, 6.07) is 11.1. The van der Waals surface area contributed by atoms with Crippen LogP contribution in [-0.4, -0.2) is 5.91 Å². The quantitative estimate of drug-likeness (QED) is 0.899. The number of anilines is 1. The monoisotopic (exact) mass is 242 g/mol. The molecular formula is C13H10N2OS. The van der Waals surface area contributed by atoms with Crippen LogP contribution in [0.5, 0.6) is 0 Å². The number of amides is 1. The summed E-state index contributed by atoms with van der Waals surface area (Å²) >= 11 is 1.49. The van der Waals surface area contributed by atoms with Gasteiger partial charge in [0.05, 0.1) is 18.1 Å². The summed E-state index contributed by atoms with van der Waals surface area (Å²) in [4.78, 5) is 11.7. The zero-order chi connectivity index (χ0) is 12.1. The first-order chi connectivity index (χ1) is 8.29. The van der Waals surface area contributed by atoms with E-state index < -0.39 is 0 Å². The number of nitrogens with one attached hydrogen (secondary N) is 1. The molecular weight excluding hydrogens is 232 g/mol. The molecule has 2 rings (SSSR count). The molecule has 1 aromatic heterocycles. The fourth-order valence-electron chi connectivity index (χ4n) is 1.39. The van der Waals surface area contributed by atoms with Gasteiger partial charge in [-0.05, 0) is 29.1 Å². The maximum atomic E-state index is 11.7. The van der Waals surface area contributed by atoms with Crippen LogP contribution in [-0.2, 0) is 6.42 Å². The van der Waals surface area contributed by atoms with Crippen LogP contribution in [0.15, 0.2) is 41.1 Å². The number of nitriles is 1. The van der Waals surface area contributed by atoms with E-state index in [2.05, 4.69) is 11.4 Å². The fourth-order valence-corrected chi connectivity index (χ4v) is 2.03. The zero-order valence-electron chi connectivity index (χ0n) is 9.01. The molecule has 1 aromatic carbocycles. The number of hydrogen-bond acceptors (Lipinski definition) is 3. The maximum absolute atomic E-state index is 11.7. The molecule has 4 heteroatoms. The van der Waals surface area contributed by atoms with Crippen molar-refractivity contribution in [3.8, 4) is 6.07 Å². The highest BCUT2D eigenvalue weighted by atomic mass is 32.1. The van der Waals surface area contributed by atoms with Crippen LogP contribution in [0.25, 0.3) is 0 Å². The minimum absolute atomic E-state index is 0.112. The third-order valence-corrected chi connectivity index (χ3v) is 2.96. The largest absolute Gasteiger partial charge is 0.322 e. The summed E-state index contributed by atoms with van der Waals surface area (Å²) < 4.78 is 0. The van der Waals surface area contributed by atoms with Crippen molar-refractivity contribution in [2.75, 3.05) is 5.32 Å². The number of thiophene rings is 1. The summed E-state index contributed by atoms with van der Waals surface area (Å²) in [6.07, 6.45) is 0.388. The Morgan fingerprint density at radius 1 is 1.29 bits per heavy atom. The summed E-state index contributed by atoms with van der Waals surface area (Å²) in [5, 5.41) is 15.0. The molecule has 0 aliphatic rings. The highest BCUT2D eigenvalue weighted by Gasteiger charge is 2.05. The number of nitrogens with zero attached hydrogens (tertiary/aromatic N) is 1. The molecule has 0 fully saturated rings. The molecule has 1 heterocycles. The predicted molar refractivity (Wildman–Crippen MR) is 68.0 cm³/mol. The molecule has 0 bridgehead atoms. The zero-order valence-corrected chi connectivity index (χ0v) is 9.83. The molecule has 0 radical (unpaired) electrons. The summed E-state index contributed by atoms with van der Waals surface area (Å²) in [5.41, 5.74) is 2.35. The molecule has 0 aliphatic carbocycles. The van der Waals surface area contributed by atoms with Crippen molar-refractivity contribution in [1.29, 1.82) is 5.26 Å². The van der Waals surface area contributed by atoms with Gasteiger partial charge in [0.15, 0.2) is 0 Å². The Balaban J connectivity index is 2.05. The third kappa shape index (κ3) is 2.92. The Morgan fingerprint density at radius 3 is 2.65 bits per heavy atom. The molecule has 0 unspecified atom stereocenters. The van der Waals surface area contributed by atoms with E-state index in [1.165, 1.54) is 11.3 Å². The van der Waals surface area contributed by atoms with Crippen molar-refractivity contribution in [3.63, 3.8) is 0 Å². The number of hydrogen-bond donors (Lipinski definition) is 1. The Labute approximate surface area is 103 Å². The van der Waals surface area contributed by atoms with Gasteiger partial charge in [-0.15, -0.1) is 0 Å². The number of benzene rings is 1. The van der Waals surface area contributed by atoms with E-state index in [1.54, 1.807) is 23.6 Å². The fraction of sp³-hybridized carbons (Fsp3) is 0.0769. The van der Waals surface area contributed by atoms with E-state index >= 15 is 0 Å². The second-order valence-electron chi connectivity index (χ2n) is 3.50. The van der Waals surface area contributed by atoms with E-state index in [9.17, 15) is 4.79 Å². The van der Waals surface area contributed by atoms with Crippen LogP contribution in [0, 0.1) is 11.3 Å². The van der Waals surface area contributed by atoms with Crippen LogP contribution < -0.4 is 5.32 Å². The molecule has 84 valence electrons. The first kappa shape index (κ1) is 11.4. The van der Waals surface area contributed by atoms with E-state index in [4.69, 9.17) is 5.26 Å². The number of rotatable bonds is 3. The van der Waals surface area contributed by atoms with Crippen molar-refractivity contribution in [2.45, 2.75) is 6.42 Å². The minimum Gasteiger partial charge on any atom is -0.322 e. The van der Waals surface area contributed by atoms with Crippen LogP contribution in [0.1, 0.15) is 15.9 Å². The van der Waals surface area contributed by atoms with E-state index in [1.807, 2.05) is 17.5 Å². The predicted octanol–water partition coefficient (Wildman–Crippen LogP) is 3.07. The van der Waals surface area contributed by atoms with Gasteiger partial charge in [-0.25, -0.2) is 0 Å². The van der Waals surface area contributed by atoms with Gasteiger partial charge in [0, 0.05) is 11.1 Å². The number of carbonyl (C=O) groups is 1. The first-order valence-corrected chi connectivity index (χ1v) is 6.03. The van der Waals surface area contributed by atoms with Gasteiger partial charge in [0.25, 0.3) is 5.91 Å². The molecule has 1 amide bonds. The smallest absolute Gasteiger partial charge is 0.256 e. The lowest BCUT2D eigenvalue weighted by molar-refractivity contribution is 0.102. The Morgan fingerprint density at radius 2 is 2.06 bits per heavy atom. The Bertz CT molecular complexity index is 538. The molecule has 0 saturated carbocycles. The lowest BCUT2D eigenvalue weighted by Crippen LogP contribution is -2.10. The van der Waals surface area contributed by atoms with Gasteiger partial charge in [-0.3, -0.25) is 4.79 Å². The molecule has 0 aliphatic heterocycles. The molecule has 2 aromatic rings. The lowest BCUT2D eigenvalue weighted by atomic mass is 10.1. The van der Waals surface area contributed by atoms with Gasteiger partial charge in [-0.1, -0.05) is 12.1 Å². The molecule has 17 heavy (non-hydrogen) atoms. The normalized spacial score (nSPS) is 9.59. The van der Waals surface area contributed by atoms with Crippen LogP contribution in [0.2, 0.25) is 0 Å². The van der Waals surface area contributed by atoms with Crippen LogP contribution >= 0.6 is 11.3 Å². The minimum atomic E-state index is -0.112. The average Bonchev–Trinajstić information content (AvgIpc) is 2.86. The van der Waals surface area contributed by atoms with Crippen molar-refractivity contribution in [2.24, 2.45) is 0 Å². The standard InChI is InChI=1S/C13H10N2OS/c14-7-5-10-1-3-12(4-2-10)15-13(16)11-6-8-17-9-11/h1-4,6,8-9H,5H2,(H,15,16). The third-order valence-electron chi connectivity index (χ3n) is 2.28. The van der Waals surface area contributed by atoms with Crippen molar-refractivity contribution >= 4 is 22.9 Å². The van der Waals surface area contributed by atoms with Crippen LogP contribution in [0.4, 0.5) is 5.69 Å². The van der Waals surface area contributed by atoms with Crippen LogP contribution in [0.3, 0.4) is 0 Å². The second-order valence-corrected chi connectivity index (χ2v) is 4.28.